The van der Waals surface area contributed by atoms with E-state index in [-0.39, 0.29) is 12.5 Å². The summed E-state index contributed by atoms with van der Waals surface area (Å²) >= 11 is 0. The van der Waals surface area contributed by atoms with Crippen molar-refractivity contribution in [2.75, 3.05) is 0 Å². The summed E-state index contributed by atoms with van der Waals surface area (Å²) in [5, 5.41) is 10.7. The maximum atomic E-state index is 9.55. The Morgan fingerprint density at radius 2 is 1.58 bits per heavy atom. The Kier molecular flexibility index (Phi) is 2.01. The van der Waals surface area contributed by atoms with Crippen LogP contribution >= 0.6 is 0 Å². The first kappa shape index (κ1) is 7.64. The van der Waals surface area contributed by atoms with Gasteiger partial charge in [-0.05, 0) is 12.2 Å². The van der Waals surface area contributed by atoms with E-state index in [9.17, 15) is 5.21 Å². The highest BCUT2D eigenvalue weighted by Crippen LogP contribution is 2.19. The molecule has 2 aliphatic heterocycles. The van der Waals surface area contributed by atoms with Crippen LogP contribution in [0.3, 0.4) is 0 Å². The summed E-state index contributed by atoms with van der Waals surface area (Å²) in [6, 6.07) is 0. The van der Waals surface area contributed by atoms with E-state index in [4.69, 9.17) is 9.47 Å². The standard InChI is InChI=1S/C8H11NO3/c10-9(7-3-1-5-11-7)8-4-2-6-12-8/h1-2,5-8,10H,3-4H2. The number of hydroxylamine groups is 2. The second-order valence-corrected chi connectivity index (χ2v) is 2.78. The van der Waals surface area contributed by atoms with Crippen LogP contribution in [0.25, 0.3) is 0 Å². The molecular formula is C8H11NO3. The lowest BCUT2D eigenvalue weighted by molar-refractivity contribution is -0.261. The van der Waals surface area contributed by atoms with Gasteiger partial charge in [0.05, 0.1) is 12.5 Å². The van der Waals surface area contributed by atoms with Gasteiger partial charge in [0.25, 0.3) is 0 Å². The Bertz CT molecular complexity index is 176. The van der Waals surface area contributed by atoms with Crippen molar-refractivity contribution in [2.45, 2.75) is 25.3 Å². The second kappa shape index (κ2) is 3.16. The molecule has 2 atom stereocenters. The normalized spacial score (nSPS) is 32.5. The lowest BCUT2D eigenvalue weighted by Crippen LogP contribution is -2.39. The zero-order chi connectivity index (χ0) is 8.39. The lowest BCUT2D eigenvalue weighted by Gasteiger charge is -2.26. The van der Waals surface area contributed by atoms with Crippen molar-refractivity contribution in [3.05, 3.63) is 24.7 Å². The Balaban J connectivity index is 1.87. The molecule has 4 heteroatoms. The van der Waals surface area contributed by atoms with Gasteiger partial charge in [-0.25, -0.2) is 0 Å². The van der Waals surface area contributed by atoms with Crippen LogP contribution in [0, 0.1) is 0 Å². The molecule has 2 heterocycles. The molecule has 0 saturated carbocycles. The first-order valence-electron chi connectivity index (χ1n) is 3.96. The zero-order valence-electron chi connectivity index (χ0n) is 6.59. The highest BCUT2D eigenvalue weighted by Gasteiger charge is 2.28. The van der Waals surface area contributed by atoms with Crippen LogP contribution in [0.2, 0.25) is 0 Å². The molecule has 0 spiro atoms. The summed E-state index contributed by atoms with van der Waals surface area (Å²) in [6.45, 7) is 0. The van der Waals surface area contributed by atoms with E-state index in [0.29, 0.717) is 12.8 Å². The van der Waals surface area contributed by atoms with Gasteiger partial charge in [0.2, 0.25) is 0 Å². The van der Waals surface area contributed by atoms with Crippen molar-refractivity contribution in [1.29, 1.82) is 0 Å². The monoisotopic (exact) mass is 169 g/mol. The third-order valence-corrected chi connectivity index (χ3v) is 1.93. The van der Waals surface area contributed by atoms with E-state index in [0.717, 1.165) is 5.06 Å². The highest BCUT2D eigenvalue weighted by atomic mass is 16.6. The molecular weight excluding hydrogens is 158 g/mol. The third kappa shape index (κ3) is 1.31. The molecule has 0 aromatic heterocycles. The summed E-state index contributed by atoms with van der Waals surface area (Å²) < 4.78 is 10.2. The van der Waals surface area contributed by atoms with Gasteiger partial charge in [-0.1, -0.05) is 0 Å². The van der Waals surface area contributed by atoms with Gasteiger partial charge < -0.3 is 14.7 Å². The topological polar surface area (TPSA) is 41.9 Å². The number of rotatable bonds is 2. The molecule has 0 aromatic carbocycles. The summed E-state index contributed by atoms with van der Waals surface area (Å²) in [7, 11) is 0. The Morgan fingerprint density at radius 1 is 1.08 bits per heavy atom. The maximum Gasteiger partial charge on any atom is 0.180 e. The fourth-order valence-electron chi connectivity index (χ4n) is 1.27. The van der Waals surface area contributed by atoms with Gasteiger partial charge in [-0.15, -0.1) is 5.06 Å². The summed E-state index contributed by atoms with van der Waals surface area (Å²) in [6.07, 6.45) is 7.77. The molecule has 2 aliphatic rings. The average Bonchev–Trinajstić information content (AvgIpc) is 2.77. The molecule has 0 aromatic rings. The van der Waals surface area contributed by atoms with Crippen molar-refractivity contribution >= 4 is 0 Å². The van der Waals surface area contributed by atoms with E-state index in [2.05, 4.69) is 0 Å². The first-order chi connectivity index (χ1) is 5.88. The van der Waals surface area contributed by atoms with Crippen molar-refractivity contribution < 1.29 is 14.7 Å². The molecule has 0 bridgehead atoms. The number of ether oxygens (including phenoxy) is 2. The molecule has 66 valence electrons. The highest BCUT2D eigenvalue weighted by molar-refractivity contribution is 4.89. The van der Waals surface area contributed by atoms with Gasteiger partial charge >= 0.3 is 0 Å². The summed E-state index contributed by atoms with van der Waals surface area (Å²) in [5.41, 5.74) is 0. The van der Waals surface area contributed by atoms with Crippen LogP contribution in [0.5, 0.6) is 0 Å². The molecule has 12 heavy (non-hydrogen) atoms. The molecule has 0 fully saturated rings. The average molecular weight is 169 g/mol. The van der Waals surface area contributed by atoms with E-state index in [1.165, 1.54) is 0 Å². The quantitative estimate of drug-likeness (QED) is 0.630. The van der Waals surface area contributed by atoms with Crippen LogP contribution in [0.4, 0.5) is 0 Å². The Hall–Kier alpha value is -1.00. The summed E-state index contributed by atoms with van der Waals surface area (Å²) in [5.74, 6) is 0. The van der Waals surface area contributed by atoms with Crippen LogP contribution in [0.1, 0.15) is 12.8 Å². The number of nitrogens with zero attached hydrogens (tertiary/aromatic N) is 1. The van der Waals surface area contributed by atoms with Crippen molar-refractivity contribution in [2.24, 2.45) is 0 Å². The molecule has 2 rings (SSSR count). The predicted octanol–water partition coefficient (Wildman–Crippen LogP) is 1.20. The molecule has 0 amide bonds. The fraction of sp³-hybridized carbons (Fsp3) is 0.500. The molecule has 0 radical (unpaired) electrons. The van der Waals surface area contributed by atoms with E-state index in [1.807, 2.05) is 12.2 Å². The van der Waals surface area contributed by atoms with Gasteiger partial charge in [-0.2, -0.15) is 0 Å². The van der Waals surface area contributed by atoms with E-state index in [1.54, 1.807) is 12.5 Å². The van der Waals surface area contributed by atoms with E-state index >= 15 is 0 Å². The molecule has 1 N–H and O–H groups in total. The third-order valence-electron chi connectivity index (χ3n) is 1.93. The lowest BCUT2D eigenvalue weighted by atomic mass is 10.3. The maximum absolute atomic E-state index is 9.55. The van der Waals surface area contributed by atoms with Gasteiger partial charge in [0, 0.05) is 12.8 Å². The molecule has 0 saturated heterocycles. The molecule has 2 unspecified atom stereocenters. The first-order valence-corrected chi connectivity index (χ1v) is 3.96. The van der Waals surface area contributed by atoms with Gasteiger partial charge in [-0.3, -0.25) is 0 Å². The molecule has 4 nitrogen and oxygen atoms in total. The smallest absolute Gasteiger partial charge is 0.180 e. The van der Waals surface area contributed by atoms with E-state index < -0.39 is 0 Å². The molecule has 0 aliphatic carbocycles. The van der Waals surface area contributed by atoms with Crippen LogP contribution in [0.15, 0.2) is 24.7 Å². The minimum absolute atomic E-state index is 0.283. The van der Waals surface area contributed by atoms with Crippen molar-refractivity contribution in [3.63, 3.8) is 0 Å². The van der Waals surface area contributed by atoms with Crippen LogP contribution < -0.4 is 0 Å². The second-order valence-electron chi connectivity index (χ2n) is 2.78. The minimum atomic E-state index is -0.283. The van der Waals surface area contributed by atoms with Crippen LogP contribution in [-0.4, -0.2) is 22.7 Å². The minimum Gasteiger partial charge on any atom is -0.480 e. The van der Waals surface area contributed by atoms with Crippen molar-refractivity contribution in [3.8, 4) is 0 Å². The van der Waals surface area contributed by atoms with Crippen molar-refractivity contribution in [1.82, 2.24) is 5.06 Å². The Labute approximate surface area is 70.6 Å². The largest absolute Gasteiger partial charge is 0.480 e. The number of hydrogen-bond acceptors (Lipinski definition) is 4. The van der Waals surface area contributed by atoms with Gasteiger partial charge in [0.15, 0.2) is 12.5 Å². The zero-order valence-corrected chi connectivity index (χ0v) is 6.59. The summed E-state index contributed by atoms with van der Waals surface area (Å²) in [4.78, 5) is 0. The van der Waals surface area contributed by atoms with Crippen LogP contribution in [-0.2, 0) is 9.47 Å². The van der Waals surface area contributed by atoms with Gasteiger partial charge in [0.1, 0.15) is 0 Å². The SMILES string of the molecule is ON(C1CC=CO1)C1CC=CO1. The Morgan fingerprint density at radius 3 is 1.92 bits per heavy atom. The number of hydrogen-bond donors (Lipinski definition) is 1. The fourth-order valence-corrected chi connectivity index (χ4v) is 1.27. The predicted molar refractivity (Wildman–Crippen MR) is 40.9 cm³/mol.